The molecule has 1 N–H and O–H groups in total. The summed E-state index contributed by atoms with van der Waals surface area (Å²) in [5.74, 6) is -0.0816. The van der Waals surface area contributed by atoms with Gasteiger partial charge in [0.15, 0.2) is 0 Å². The van der Waals surface area contributed by atoms with E-state index in [4.69, 9.17) is 0 Å². The first-order valence-corrected chi connectivity index (χ1v) is 4.99. The molecule has 0 unspecified atom stereocenters. The summed E-state index contributed by atoms with van der Waals surface area (Å²) < 4.78 is 1.59. The van der Waals surface area contributed by atoms with Gasteiger partial charge in [-0.1, -0.05) is 6.08 Å². The Morgan fingerprint density at radius 1 is 1.73 bits per heavy atom. The second-order valence-corrected chi connectivity index (χ2v) is 3.76. The molecule has 82 valence electrons. The van der Waals surface area contributed by atoms with Crippen LogP contribution in [0.2, 0.25) is 0 Å². The van der Waals surface area contributed by atoms with E-state index < -0.39 is 0 Å². The number of aromatic nitrogens is 2. The van der Waals surface area contributed by atoms with Crippen molar-refractivity contribution >= 4 is 5.91 Å². The number of hydrogen-bond donors (Lipinski definition) is 1. The van der Waals surface area contributed by atoms with E-state index in [1.165, 1.54) is 0 Å². The van der Waals surface area contributed by atoms with E-state index in [-0.39, 0.29) is 11.9 Å². The molecule has 0 atom stereocenters. The molecule has 0 fully saturated rings. The molecule has 0 spiro atoms. The van der Waals surface area contributed by atoms with Gasteiger partial charge < -0.3 is 5.32 Å². The van der Waals surface area contributed by atoms with Crippen LogP contribution in [0.4, 0.5) is 0 Å². The van der Waals surface area contributed by atoms with Crippen molar-refractivity contribution in [2.24, 2.45) is 7.05 Å². The fraction of sp³-hybridized carbons (Fsp3) is 0.455. The van der Waals surface area contributed by atoms with Crippen molar-refractivity contribution in [2.75, 3.05) is 0 Å². The smallest absolute Gasteiger partial charge is 0.270 e. The minimum Gasteiger partial charge on any atom is -0.349 e. The van der Waals surface area contributed by atoms with E-state index in [9.17, 15) is 4.79 Å². The largest absolute Gasteiger partial charge is 0.349 e. The Labute approximate surface area is 90.0 Å². The van der Waals surface area contributed by atoms with Crippen molar-refractivity contribution in [1.29, 1.82) is 0 Å². The molecule has 1 aromatic rings. The van der Waals surface area contributed by atoms with Crippen molar-refractivity contribution < 1.29 is 4.79 Å². The summed E-state index contributed by atoms with van der Waals surface area (Å²) in [7, 11) is 1.77. The molecule has 0 saturated heterocycles. The summed E-state index contributed by atoms with van der Waals surface area (Å²) in [4.78, 5) is 11.8. The van der Waals surface area contributed by atoms with Gasteiger partial charge in [0.25, 0.3) is 5.91 Å². The van der Waals surface area contributed by atoms with Gasteiger partial charge in [-0.25, -0.2) is 0 Å². The summed E-state index contributed by atoms with van der Waals surface area (Å²) in [5, 5.41) is 6.92. The van der Waals surface area contributed by atoms with Crippen LogP contribution in [0.1, 0.15) is 29.9 Å². The fourth-order valence-corrected chi connectivity index (χ4v) is 1.41. The van der Waals surface area contributed by atoms with Crippen LogP contribution in [0, 0.1) is 0 Å². The highest BCUT2D eigenvalue weighted by Gasteiger charge is 2.16. The predicted molar refractivity (Wildman–Crippen MR) is 59.7 cm³/mol. The lowest BCUT2D eigenvalue weighted by molar-refractivity contribution is 0.0933. The maximum atomic E-state index is 11.8. The Morgan fingerprint density at radius 3 is 2.93 bits per heavy atom. The highest BCUT2D eigenvalue weighted by Crippen LogP contribution is 2.08. The zero-order valence-corrected chi connectivity index (χ0v) is 9.45. The molecule has 0 aliphatic heterocycles. The molecule has 1 aromatic heterocycles. The van der Waals surface area contributed by atoms with Crippen LogP contribution in [0.25, 0.3) is 0 Å². The third-order valence-electron chi connectivity index (χ3n) is 2.01. The number of allylic oxidation sites excluding steroid dienone is 1. The number of rotatable bonds is 4. The summed E-state index contributed by atoms with van der Waals surface area (Å²) in [6.07, 6.45) is 4.13. The minimum atomic E-state index is -0.0816. The topological polar surface area (TPSA) is 46.9 Å². The van der Waals surface area contributed by atoms with Crippen LogP contribution in [0.3, 0.4) is 0 Å². The number of nitrogens with zero attached hydrogens (tertiary/aromatic N) is 2. The van der Waals surface area contributed by atoms with Crippen LogP contribution >= 0.6 is 0 Å². The van der Waals surface area contributed by atoms with Crippen LogP contribution in [-0.2, 0) is 13.5 Å². The van der Waals surface area contributed by atoms with Crippen molar-refractivity contribution in [1.82, 2.24) is 15.1 Å². The molecule has 0 aromatic carbocycles. The Hall–Kier alpha value is -1.58. The molecular weight excluding hydrogens is 190 g/mol. The quantitative estimate of drug-likeness (QED) is 0.756. The Kier molecular flexibility index (Phi) is 3.66. The average Bonchev–Trinajstić information content (AvgIpc) is 2.46. The van der Waals surface area contributed by atoms with Crippen molar-refractivity contribution in [3.63, 3.8) is 0 Å². The second kappa shape index (κ2) is 4.77. The average molecular weight is 207 g/mol. The van der Waals surface area contributed by atoms with Gasteiger partial charge in [-0.15, -0.1) is 6.58 Å². The van der Waals surface area contributed by atoms with Gasteiger partial charge in [-0.2, -0.15) is 5.10 Å². The molecule has 0 aliphatic rings. The van der Waals surface area contributed by atoms with E-state index in [1.807, 2.05) is 13.8 Å². The molecule has 0 bridgehead atoms. The Morgan fingerprint density at radius 2 is 2.40 bits per heavy atom. The minimum absolute atomic E-state index is 0.0816. The van der Waals surface area contributed by atoms with Crippen molar-refractivity contribution in [3.8, 4) is 0 Å². The van der Waals surface area contributed by atoms with E-state index in [0.29, 0.717) is 12.1 Å². The van der Waals surface area contributed by atoms with Gasteiger partial charge >= 0.3 is 0 Å². The van der Waals surface area contributed by atoms with Crippen molar-refractivity contribution in [2.45, 2.75) is 26.3 Å². The Bertz CT molecular complexity index is 366. The molecule has 4 nitrogen and oxygen atoms in total. The van der Waals surface area contributed by atoms with Crippen molar-refractivity contribution in [3.05, 3.63) is 30.1 Å². The molecule has 1 heterocycles. The number of carbonyl (C=O) groups is 1. The summed E-state index contributed by atoms with van der Waals surface area (Å²) >= 11 is 0. The van der Waals surface area contributed by atoms with Gasteiger partial charge in [0.05, 0.1) is 6.20 Å². The van der Waals surface area contributed by atoms with E-state index >= 15 is 0 Å². The first kappa shape index (κ1) is 11.5. The van der Waals surface area contributed by atoms with Gasteiger partial charge in [0.1, 0.15) is 5.69 Å². The SMILES string of the molecule is C=CCc1cnn(C)c1C(=O)NC(C)C. The number of amides is 1. The van der Waals surface area contributed by atoms with Gasteiger partial charge in [0.2, 0.25) is 0 Å². The van der Waals surface area contributed by atoms with Gasteiger partial charge in [0, 0.05) is 18.7 Å². The van der Waals surface area contributed by atoms with Gasteiger partial charge in [-0.05, 0) is 20.3 Å². The number of nitrogens with one attached hydrogen (secondary N) is 1. The molecule has 15 heavy (non-hydrogen) atoms. The molecular formula is C11H17N3O. The maximum absolute atomic E-state index is 11.8. The standard InChI is InChI=1S/C11H17N3O/c1-5-6-9-7-12-14(4)10(9)11(15)13-8(2)3/h5,7-8H,1,6H2,2-4H3,(H,13,15). The molecule has 1 rings (SSSR count). The number of aryl methyl sites for hydroxylation is 1. The molecule has 0 radical (unpaired) electrons. The first-order chi connectivity index (χ1) is 7.06. The fourth-order valence-electron chi connectivity index (χ4n) is 1.41. The number of hydrogen-bond acceptors (Lipinski definition) is 2. The van der Waals surface area contributed by atoms with Crippen LogP contribution < -0.4 is 5.32 Å². The normalized spacial score (nSPS) is 10.4. The lowest BCUT2D eigenvalue weighted by atomic mass is 10.1. The molecule has 4 heteroatoms. The monoisotopic (exact) mass is 207 g/mol. The van der Waals surface area contributed by atoms with Crippen LogP contribution in [0.5, 0.6) is 0 Å². The highest BCUT2D eigenvalue weighted by molar-refractivity contribution is 5.94. The summed E-state index contributed by atoms with van der Waals surface area (Å²) in [6.45, 7) is 7.52. The lowest BCUT2D eigenvalue weighted by Gasteiger charge is -2.09. The van der Waals surface area contributed by atoms with Crippen LogP contribution in [-0.4, -0.2) is 21.7 Å². The van der Waals surface area contributed by atoms with E-state index in [0.717, 1.165) is 5.56 Å². The number of carbonyl (C=O) groups excluding carboxylic acids is 1. The van der Waals surface area contributed by atoms with Crippen LogP contribution in [0.15, 0.2) is 18.9 Å². The summed E-state index contributed by atoms with van der Waals surface area (Å²) in [6, 6.07) is 0.129. The Balaban J connectivity index is 2.95. The molecule has 0 aliphatic carbocycles. The zero-order valence-electron chi connectivity index (χ0n) is 9.45. The van der Waals surface area contributed by atoms with E-state index in [2.05, 4.69) is 17.0 Å². The van der Waals surface area contributed by atoms with E-state index in [1.54, 1.807) is 24.0 Å². The first-order valence-electron chi connectivity index (χ1n) is 4.99. The third-order valence-corrected chi connectivity index (χ3v) is 2.01. The maximum Gasteiger partial charge on any atom is 0.270 e. The summed E-state index contributed by atoms with van der Waals surface area (Å²) in [5.41, 5.74) is 1.52. The highest BCUT2D eigenvalue weighted by atomic mass is 16.2. The predicted octanol–water partition coefficient (Wildman–Crippen LogP) is 1.29. The molecule has 0 saturated carbocycles. The zero-order chi connectivity index (χ0) is 11.4. The molecule has 1 amide bonds. The lowest BCUT2D eigenvalue weighted by Crippen LogP contribution is -2.32. The van der Waals surface area contributed by atoms with Gasteiger partial charge in [-0.3, -0.25) is 9.48 Å². The second-order valence-electron chi connectivity index (χ2n) is 3.76. The third kappa shape index (κ3) is 2.68.